The highest BCUT2D eigenvalue weighted by molar-refractivity contribution is 5.81. The summed E-state index contributed by atoms with van der Waals surface area (Å²) in [6.45, 7) is 8.11. The Bertz CT molecular complexity index is 1010. The van der Waals surface area contributed by atoms with Gasteiger partial charge in [0, 0.05) is 24.9 Å². The maximum absolute atomic E-state index is 12.6. The number of hydrogen-bond donors (Lipinski definition) is 2. The second-order valence-corrected chi connectivity index (χ2v) is 10.5. The van der Waals surface area contributed by atoms with Gasteiger partial charge in [-0.3, -0.25) is 9.59 Å². The lowest BCUT2D eigenvalue weighted by atomic mass is 9.95. The van der Waals surface area contributed by atoms with Crippen molar-refractivity contribution in [2.75, 3.05) is 19.7 Å². The molecule has 3 rings (SSSR count). The van der Waals surface area contributed by atoms with Crippen LogP contribution in [0.25, 0.3) is 11.1 Å². The summed E-state index contributed by atoms with van der Waals surface area (Å²) in [7, 11) is 0. The highest BCUT2D eigenvalue weighted by atomic mass is 16.5. The lowest BCUT2D eigenvalue weighted by Gasteiger charge is -2.29. The molecule has 2 amide bonds. The number of nitrogens with one attached hydrogen (secondary N) is 1. The molecule has 1 aliphatic carbocycles. The molecular formula is C28H36N2O5. The largest absolute Gasteiger partial charge is 0.480 e. The first-order valence-corrected chi connectivity index (χ1v) is 12.2. The summed E-state index contributed by atoms with van der Waals surface area (Å²) >= 11 is 0. The molecule has 0 spiro atoms. The molecule has 7 nitrogen and oxygen atoms in total. The van der Waals surface area contributed by atoms with Gasteiger partial charge in [0.15, 0.2) is 0 Å². The van der Waals surface area contributed by atoms with E-state index in [9.17, 15) is 14.4 Å². The molecule has 0 fully saturated rings. The number of ether oxygens (including phenoxy) is 1. The predicted octanol–water partition coefficient (Wildman–Crippen LogP) is 5.04. The Hall–Kier alpha value is -3.35. The molecule has 188 valence electrons. The van der Waals surface area contributed by atoms with Crippen molar-refractivity contribution in [2.24, 2.45) is 5.41 Å². The zero-order valence-corrected chi connectivity index (χ0v) is 21.0. The normalized spacial score (nSPS) is 13.5. The molecule has 0 radical (unpaired) electrons. The first-order valence-electron chi connectivity index (χ1n) is 12.2. The van der Waals surface area contributed by atoms with Crippen LogP contribution in [0.3, 0.4) is 0 Å². The number of nitrogens with zero attached hydrogens (tertiary/aromatic N) is 1. The number of rotatable bonds is 10. The third-order valence-electron chi connectivity index (χ3n) is 6.08. The number of carbonyl (C=O) groups excluding carboxylic acids is 2. The van der Waals surface area contributed by atoms with Crippen molar-refractivity contribution in [3.8, 4) is 11.1 Å². The molecule has 2 aromatic carbocycles. The fourth-order valence-electron chi connectivity index (χ4n) is 4.60. The third kappa shape index (κ3) is 7.31. The summed E-state index contributed by atoms with van der Waals surface area (Å²) in [6, 6.07) is 16.2. The fourth-order valence-corrected chi connectivity index (χ4v) is 4.60. The average Bonchev–Trinajstić information content (AvgIpc) is 3.09. The van der Waals surface area contributed by atoms with Crippen LogP contribution in [0.1, 0.15) is 64.0 Å². The van der Waals surface area contributed by atoms with E-state index in [0.717, 1.165) is 11.1 Å². The van der Waals surface area contributed by atoms with E-state index in [1.165, 1.54) is 16.0 Å². The van der Waals surface area contributed by atoms with Crippen LogP contribution < -0.4 is 5.32 Å². The monoisotopic (exact) mass is 480 g/mol. The SMILES string of the molecule is CC(CCCC(=O)N(CC(=O)O)CC(C)(C)C)NC(=O)OCC1c2ccccc2-c2ccccc21. The summed E-state index contributed by atoms with van der Waals surface area (Å²) < 4.78 is 5.58. The second-order valence-electron chi connectivity index (χ2n) is 10.5. The number of amides is 2. The molecule has 0 saturated carbocycles. The van der Waals surface area contributed by atoms with Gasteiger partial charge in [-0.05, 0) is 47.4 Å². The number of carboxylic acid groups (broad SMARTS) is 1. The molecule has 0 saturated heterocycles. The summed E-state index contributed by atoms with van der Waals surface area (Å²) in [4.78, 5) is 37.5. The van der Waals surface area contributed by atoms with E-state index in [1.807, 2.05) is 52.0 Å². The van der Waals surface area contributed by atoms with Gasteiger partial charge in [-0.25, -0.2) is 4.79 Å². The van der Waals surface area contributed by atoms with Crippen LogP contribution in [0.2, 0.25) is 0 Å². The molecule has 7 heteroatoms. The zero-order chi connectivity index (χ0) is 25.6. The van der Waals surface area contributed by atoms with Gasteiger partial charge in [0.1, 0.15) is 13.2 Å². The molecule has 0 aromatic heterocycles. The Morgan fingerprint density at radius 1 is 1.03 bits per heavy atom. The molecule has 1 unspecified atom stereocenters. The van der Waals surface area contributed by atoms with E-state index in [2.05, 4.69) is 29.6 Å². The van der Waals surface area contributed by atoms with Crippen molar-refractivity contribution in [3.63, 3.8) is 0 Å². The van der Waals surface area contributed by atoms with Crippen LogP contribution in [0.15, 0.2) is 48.5 Å². The minimum atomic E-state index is -1.02. The molecule has 0 aliphatic heterocycles. The molecule has 0 heterocycles. The third-order valence-corrected chi connectivity index (χ3v) is 6.08. The molecule has 35 heavy (non-hydrogen) atoms. The van der Waals surface area contributed by atoms with Crippen molar-refractivity contribution in [1.29, 1.82) is 0 Å². The Morgan fingerprint density at radius 3 is 2.14 bits per heavy atom. The number of carbonyl (C=O) groups is 3. The van der Waals surface area contributed by atoms with E-state index < -0.39 is 12.1 Å². The number of aliphatic carboxylic acids is 1. The Balaban J connectivity index is 1.46. The Kier molecular flexibility index (Phi) is 8.54. The summed E-state index contributed by atoms with van der Waals surface area (Å²) in [6.07, 6.45) is 0.891. The lowest BCUT2D eigenvalue weighted by molar-refractivity contribution is -0.145. The Labute approximate surface area is 207 Å². The predicted molar refractivity (Wildman–Crippen MR) is 135 cm³/mol. The van der Waals surface area contributed by atoms with E-state index in [-0.39, 0.29) is 42.9 Å². The van der Waals surface area contributed by atoms with Gasteiger partial charge < -0.3 is 20.1 Å². The van der Waals surface area contributed by atoms with Gasteiger partial charge in [-0.15, -0.1) is 0 Å². The van der Waals surface area contributed by atoms with Crippen molar-refractivity contribution >= 4 is 18.0 Å². The first-order chi connectivity index (χ1) is 16.5. The van der Waals surface area contributed by atoms with Gasteiger partial charge in [0.05, 0.1) is 0 Å². The molecule has 2 aromatic rings. The molecule has 2 N–H and O–H groups in total. The minimum Gasteiger partial charge on any atom is -0.480 e. The van der Waals surface area contributed by atoms with E-state index >= 15 is 0 Å². The smallest absolute Gasteiger partial charge is 0.407 e. The van der Waals surface area contributed by atoms with E-state index in [0.29, 0.717) is 19.4 Å². The maximum atomic E-state index is 12.6. The summed E-state index contributed by atoms with van der Waals surface area (Å²) in [5.74, 6) is -1.20. The molecule has 1 atom stereocenters. The Morgan fingerprint density at radius 2 is 1.60 bits per heavy atom. The van der Waals surface area contributed by atoms with Crippen molar-refractivity contribution in [2.45, 2.75) is 58.9 Å². The van der Waals surface area contributed by atoms with E-state index in [1.54, 1.807) is 0 Å². The van der Waals surface area contributed by atoms with Crippen LogP contribution in [0.4, 0.5) is 4.79 Å². The van der Waals surface area contributed by atoms with Gasteiger partial charge >= 0.3 is 12.1 Å². The number of alkyl carbamates (subject to hydrolysis) is 1. The maximum Gasteiger partial charge on any atom is 0.407 e. The first kappa shape index (κ1) is 26.3. The summed E-state index contributed by atoms with van der Waals surface area (Å²) in [5.41, 5.74) is 4.49. The van der Waals surface area contributed by atoms with Gasteiger partial charge in [-0.1, -0.05) is 69.3 Å². The van der Waals surface area contributed by atoms with Crippen molar-refractivity contribution < 1.29 is 24.2 Å². The minimum absolute atomic E-state index is 0.00381. The number of fused-ring (bicyclic) bond motifs is 3. The zero-order valence-electron chi connectivity index (χ0n) is 21.0. The lowest BCUT2D eigenvalue weighted by Crippen LogP contribution is -2.41. The van der Waals surface area contributed by atoms with Crippen LogP contribution >= 0.6 is 0 Å². The van der Waals surface area contributed by atoms with Crippen LogP contribution in [-0.4, -0.2) is 53.7 Å². The molecular weight excluding hydrogens is 444 g/mol. The highest BCUT2D eigenvalue weighted by Gasteiger charge is 2.29. The summed E-state index contributed by atoms with van der Waals surface area (Å²) in [5, 5.41) is 12.0. The highest BCUT2D eigenvalue weighted by Crippen LogP contribution is 2.44. The quantitative estimate of drug-likeness (QED) is 0.496. The van der Waals surface area contributed by atoms with Gasteiger partial charge in [0.25, 0.3) is 0 Å². The standard InChI is InChI=1S/C28H36N2O5/c1-19(10-9-15-25(31)30(16-26(32)33)18-28(2,3)4)29-27(34)35-17-24-22-13-7-5-11-20(22)21-12-6-8-14-23(21)24/h5-8,11-14,19,24H,9-10,15-18H2,1-4H3,(H,29,34)(H,32,33). The van der Waals surface area contributed by atoms with Gasteiger partial charge in [-0.2, -0.15) is 0 Å². The second kappa shape index (κ2) is 11.4. The van der Waals surface area contributed by atoms with Crippen molar-refractivity contribution in [3.05, 3.63) is 59.7 Å². The topological polar surface area (TPSA) is 95.9 Å². The fraction of sp³-hybridized carbons (Fsp3) is 0.464. The number of hydrogen-bond acceptors (Lipinski definition) is 4. The van der Waals surface area contributed by atoms with Crippen LogP contribution in [0, 0.1) is 5.41 Å². The van der Waals surface area contributed by atoms with E-state index in [4.69, 9.17) is 9.84 Å². The van der Waals surface area contributed by atoms with Crippen LogP contribution in [0.5, 0.6) is 0 Å². The molecule has 0 bridgehead atoms. The number of carboxylic acids is 1. The van der Waals surface area contributed by atoms with Gasteiger partial charge in [0.2, 0.25) is 5.91 Å². The number of benzene rings is 2. The average molecular weight is 481 g/mol. The van der Waals surface area contributed by atoms with Crippen molar-refractivity contribution in [1.82, 2.24) is 10.2 Å². The molecule has 1 aliphatic rings. The van der Waals surface area contributed by atoms with Crippen LogP contribution in [-0.2, 0) is 14.3 Å².